The molecule has 0 saturated heterocycles. The molecular weight excluding hydrogens is 172 g/mol. The van der Waals surface area contributed by atoms with Gasteiger partial charge in [0, 0.05) is 0 Å². The average molecular weight is 188 g/mol. The summed E-state index contributed by atoms with van der Waals surface area (Å²) in [7, 11) is 0. The highest BCUT2D eigenvalue weighted by Gasteiger charge is 2.04. The smallest absolute Gasteiger partial charge is 0.115 e. The molecule has 1 saturated carbocycles. The average Bonchev–Trinajstić information content (AvgIpc) is 2.23. The van der Waals surface area contributed by atoms with Crippen molar-refractivity contribution in [2.75, 3.05) is 0 Å². The third kappa shape index (κ3) is 2.38. The molecule has 1 N–H and O–H groups in total. The van der Waals surface area contributed by atoms with E-state index in [1.807, 2.05) is 12.1 Å². The maximum Gasteiger partial charge on any atom is 0.115 e. The summed E-state index contributed by atoms with van der Waals surface area (Å²) in [5, 5.41) is 9.14. The molecular formula is C13H16O. The summed E-state index contributed by atoms with van der Waals surface area (Å²) < 4.78 is 0. The van der Waals surface area contributed by atoms with E-state index >= 15 is 0 Å². The van der Waals surface area contributed by atoms with Crippen LogP contribution in [0.1, 0.15) is 37.7 Å². The second-order valence-electron chi connectivity index (χ2n) is 3.95. The van der Waals surface area contributed by atoms with Gasteiger partial charge in [-0.1, -0.05) is 30.2 Å². The minimum absolute atomic E-state index is 0.343. The van der Waals surface area contributed by atoms with Crippen LogP contribution in [0.15, 0.2) is 29.8 Å². The molecule has 74 valence electrons. The Labute approximate surface area is 85.1 Å². The third-order valence-corrected chi connectivity index (χ3v) is 2.76. The molecule has 1 fully saturated rings. The first-order valence-corrected chi connectivity index (χ1v) is 5.33. The van der Waals surface area contributed by atoms with E-state index in [0.717, 1.165) is 0 Å². The maximum atomic E-state index is 9.14. The van der Waals surface area contributed by atoms with Gasteiger partial charge in [0.2, 0.25) is 0 Å². The molecule has 1 aliphatic rings. The van der Waals surface area contributed by atoms with Crippen LogP contribution in [0.5, 0.6) is 5.75 Å². The Bertz CT molecular complexity index is 314. The fraction of sp³-hybridized carbons (Fsp3) is 0.385. The van der Waals surface area contributed by atoms with E-state index in [2.05, 4.69) is 6.08 Å². The Morgan fingerprint density at radius 2 is 1.57 bits per heavy atom. The maximum absolute atomic E-state index is 9.14. The summed E-state index contributed by atoms with van der Waals surface area (Å²) in [6.07, 6.45) is 8.82. The van der Waals surface area contributed by atoms with E-state index < -0.39 is 0 Å². The van der Waals surface area contributed by atoms with Crippen molar-refractivity contribution in [3.05, 3.63) is 35.4 Å². The van der Waals surface area contributed by atoms with Crippen molar-refractivity contribution in [3.8, 4) is 5.75 Å². The molecule has 0 aliphatic heterocycles. The van der Waals surface area contributed by atoms with Gasteiger partial charge in [-0.25, -0.2) is 0 Å². The van der Waals surface area contributed by atoms with Crippen LogP contribution in [0, 0.1) is 0 Å². The summed E-state index contributed by atoms with van der Waals surface area (Å²) in [4.78, 5) is 0. The van der Waals surface area contributed by atoms with Crippen LogP contribution in [-0.2, 0) is 0 Å². The van der Waals surface area contributed by atoms with Crippen LogP contribution in [0.25, 0.3) is 6.08 Å². The lowest BCUT2D eigenvalue weighted by Gasteiger charge is -2.13. The lowest BCUT2D eigenvalue weighted by Crippen LogP contribution is -1.92. The number of hydrogen-bond donors (Lipinski definition) is 1. The zero-order valence-corrected chi connectivity index (χ0v) is 8.37. The summed E-state index contributed by atoms with van der Waals surface area (Å²) in [6, 6.07) is 7.43. The molecule has 0 spiro atoms. The molecule has 0 heterocycles. The Balaban J connectivity index is 2.11. The predicted octanol–water partition coefficient (Wildman–Crippen LogP) is 3.74. The molecule has 14 heavy (non-hydrogen) atoms. The van der Waals surface area contributed by atoms with Gasteiger partial charge in [-0.15, -0.1) is 0 Å². The van der Waals surface area contributed by atoms with Gasteiger partial charge < -0.3 is 5.11 Å². The van der Waals surface area contributed by atoms with Crippen LogP contribution >= 0.6 is 0 Å². The van der Waals surface area contributed by atoms with E-state index in [9.17, 15) is 0 Å². The molecule has 1 heteroatoms. The lowest BCUT2D eigenvalue weighted by molar-refractivity contribution is 0.475. The molecule has 0 atom stereocenters. The number of allylic oxidation sites excluding steroid dienone is 1. The predicted molar refractivity (Wildman–Crippen MR) is 59.2 cm³/mol. The molecule has 0 radical (unpaired) electrons. The van der Waals surface area contributed by atoms with Crippen molar-refractivity contribution in [2.45, 2.75) is 32.1 Å². The van der Waals surface area contributed by atoms with Crippen LogP contribution in [0.2, 0.25) is 0 Å². The van der Waals surface area contributed by atoms with Gasteiger partial charge in [-0.05, 0) is 43.4 Å². The zero-order valence-electron chi connectivity index (χ0n) is 8.37. The van der Waals surface area contributed by atoms with E-state index in [1.54, 1.807) is 17.7 Å². The Morgan fingerprint density at radius 1 is 0.929 bits per heavy atom. The fourth-order valence-electron chi connectivity index (χ4n) is 1.96. The minimum atomic E-state index is 0.343. The van der Waals surface area contributed by atoms with Crippen LogP contribution in [0.4, 0.5) is 0 Å². The molecule has 1 aromatic carbocycles. The zero-order chi connectivity index (χ0) is 9.80. The largest absolute Gasteiger partial charge is 0.508 e. The van der Waals surface area contributed by atoms with Crippen LogP contribution < -0.4 is 0 Å². The van der Waals surface area contributed by atoms with E-state index in [4.69, 9.17) is 5.11 Å². The van der Waals surface area contributed by atoms with Crippen molar-refractivity contribution in [3.63, 3.8) is 0 Å². The quantitative estimate of drug-likeness (QED) is 0.711. The Hall–Kier alpha value is -1.24. The lowest BCUT2D eigenvalue weighted by atomic mass is 9.93. The highest BCUT2D eigenvalue weighted by atomic mass is 16.3. The number of phenolic OH excluding ortho intramolecular Hbond substituents is 1. The van der Waals surface area contributed by atoms with Gasteiger partial charge >= 0.3 is 0 Å². The highest BCUT2D eigenvalue weighted by molar-refractivity contribution is 5.53. The molecule has 1 nitrogen and oxygen atoms in total. The van der Waals surface area contributed by atoms with Crippen LogP contribution in [-0.4, -0.2) is 5.11 Å². The topological polar surface area (TPSA) is 20.2 Å². The molecule has 1 aliphatic carbocycles. The van der Waals surface area contributed by atoms with Gasteiger partial charge in [0.1, 0.15) is 5.75 Å². The van der Waals surface area contributed by atoms with E-state index in [0.29, 0.717) is 5.75 Å². The van der Waals surface area contributed by atoms with Crippen molar-refractivity contribution < 1.29 is 5.11 Å². The Kier molecular flexibility index (Phi) is 2.87. The molecule has 1 aromatic rings. The van der Waals surface area contributed by atoms with Crippen LogP contribution in [0.3, 0.4) is 0 Å². The first kappa shape index (κ1) is 9.32. The van der Waals surface area contributed by atoms with Crippen molar-refractivity contribution >= 4 is 6.08 Å². The second kappa shape index (κ2) is 4.32. The number of phenols is 1. The molecule has 0 bridgehead atoms. The fourth-order valence-corrected chi connectivity index (χ4v) is 1.96. The van der Waals surface area contributed by atoms with Gasteiger partial charge in [-0.3, -0.25) is 0 Å². The summed E-state index contributed by atoms with van der Waals surface area (Å²) >= 11 is 0. The van der Waals surface area contributed by atoms with Gasteiger partial charge in [0.25, 0.3) is 0 Å². The van der Waals surface area contributed by atoms with E-state index in [-0.39, 0.29) is 0 Å². The number of rotatable bonds is 1. The summed E-state index contributed by atoms with van der Waals surface area (Å²) in [5.41, 5.74) is 2.77. The van der Waals surface area contributed by atoms with Crippen molar-refractivity contribution in [1.82, 2.24) is 0 Å². The van der Waals surface area contributed by atoms with Gasteiger partial charge in [0.05, 0.1) is 0 Å². The molecule has 0 unspecified atom stereocenters. The Morgan fingerprint density at radius 3 is 2.21 bits per heavy atom. The highest BCUT2D eigenvalue weighted by Crippen LogP contribution is 2.25. The van der Waals surface area contributed by atoms with Gasteiger partial charge in [-0.2, -0.15) is 0 Å². The summed E-state index contributed by atoms with van der Waals surface area (Å²) in [5.74, 6) is 0.343. The normalized spacial score (nSPS) is 16.7. The first-order chi connectivity index (χ1) is 6.84. The summed E-state index contributed by atoms with van der Waals surface area (Å²) in [6.45, 7) is 0. The monoisotopic (exact) mass is 188 g/mol. The SMILES string of the molecule is Oc1ccc(C=C2CCCCC2)cc1. The standard InChI is InChI=1S/C13H16O/c14-13-8-6-12(7-9-13)10-11-4-2-1-3-5-11/h6-10,14H,1-5H2. The number of aromatic hydroxyl groups is 1. The molecule has 0 aromatic heterocycles. The van der Waals surface area contributed by atoms with Crippen molar-refractivity contribution in [2.24, 2.45) is 0 Å². The number of benzene rings is 1. The third-order valence-electron chi connectivity index (χ3n) is 2.76. The molecule has 2 rings (SSSR count). The molecule has 0 amide bonds. The first-order valence-electron chi connectivity index (χ1n) is 5.33. The van der Waals surface area contributed by atoms with Crippen molar-refractivity contribution in [1.29, 1.82) is 0 Å². The minimum Gasteiger partial charge on any atom is -0.508 e. The van der Waals surface area contributed by atoms with Gasteiger partial charge in [0.15, 0.2) is 0 Å². The number of hydrogen-bond acceptors (Lipinski definition) is 1. The van der Waals surface area contributed by atoms with E-state index in [1.165, 1.54) is 37.7 Å². The second-order valence-corrected chi connectivity index (χ2v) is 3.95.